The molecule has 2 aromatic rings. The summed E-state index contributed by atoms with van der Waals surface area (Å²) in [6, 6.07) is 13.4. The van der Waals surface area contributed by atoms with Gasteiger partial charge < -0.3 is 20.7 Å². The second-order valence-corrected chi connectivity index (χ2v) is 10.6. The molecule has 2 aromatic carbocycles. The minimum Gasteiger partial charge on any atom is -0.406 e. The minimum atomic E-state index is -4.74. The molecule has 10 heteroatoms. The number of anilines is 1. The van der Waals surface area contributed by atoms with E-state index >= 15 is 0 Å². The molecule has 2 atom stereocenters. The van der Waals surface area contributed by atoms with E-state index in [0.717, 1.165) is 49.2 Å². The Labute approximate surface area is 217 Å². The minimum absolute atomic E-state index is 0.221. The Morgan fingerprint density at radius 2 is 1.89 bits per heavy atom. The van der Waals surface area contributed by atoms with Crippen LogP contribution in [0.25, 0.3) is 0 Å². The van der Waals surface area contributed by atoms with Gasteiger partial charge in [0.25, 0.3) is 0 Å². The molecule has 6 nitrogen and oxygen atoms in total. The molecule has 2 fully saturated rings. The molecule has 2 aliphatic carbocycles. The van der Waals surface area contributed by atoms with E-state index in [1.807, 2.05) is 12.1 Å². The molecule has 4 N–H and O–H groups in total. The Morgan fingerprint density at radius 1 is 1.14 bits per heavy atom. The number of aliphatic imine (C=N–C) groups is 1. The lowest BCUT2D eigenvalue weighted by Gasteiger charge is -2.41. The van der Waals surface area contributed by atoms with E-state index in [0.29, 0.717) is 36.0 Å². The van der Waals surface area contributed by atoms with Crippen LogP contribution in [0.1, 0.15) is 50.2 Å². The summed E-state index contributed by atoms with van der Waals surface area (Å²) in [5, 5.41) is 14.5. The summed E-state index contributed by atoms with van der Waals surface area (Å²) in [6.45, 7) is 2.70. The van der Waals surface area contributed by atoms with Gasteiger partial charge in [-0.2, -0.15) is 0 Å². The molecule has 2 unspecified atom stereocenters. The molecule has 0 saturated heterocycles. The first-order chi connectivity index (χ1) is 17.6. The molecule has 1 spiro atoms. The van der Waals surface area contributed by atoms with E-state index in [1.165, 1.54) is 6.07 Å². The van der Waals surface area contributed by atoms with Gasteiger partial charge in [0.05, 0.1) is 0 Å². The molecule has 196 valence electrons. The summed E-state index contributed by atoms with van der Waals surface area (Å²) in [6.07, 6.45) is 1.18. The van der Waals surface area contributed by atoms with Gasteiger partial charge in [0, 0.05) is 30.4 Å². The van der Waals surface area contributed by atoms with Gasteiger partial charge in [-0.25, -0.2) is 0 Å². The maximum Gasteiger partial charge on any atom is 0.573 e. The Hall–Kier alpha value is -2.72. The molecule has 0 bridgehead atoms. The van der Waals surface area contributed by atoms with Crippen molar-refractivity contribution in [2.75, 3.05) is 18.9 Å². The first kappa shape index (κ1) is 25.9. The summed E-state index contributed by atoms with van der Waals surface area (Å²) in [5.41, 5.74) is 3.17. The summed E-state index contributed by atoms with van der Waals surface area (Å²) >= 11 is 0. The van der Waals surface area contributed by atoms with Crippen molar-refractivity contribution in [1.82, 2.24) is 16.0 Å². The molecule has 1 heterocycles. The predicted octanol–water partition coefficient (Wildman–Crippen LogP) is 3.57. The smallest absolute Gasteiger partial charge is 0.406 e. The van der Waals surface area contributed by atoms with Crippen molar-refractivity contribution >= 4 is 24.8 Å². The van der Waals surface area contributed by atoms with Crippen LogP contribution in [0.15, 0.2) is 47.5 Å². The number of rotatable bonds is 7. The van der Waals surface area contributed by atoms with Crippen LogP contribution < -0.4 is 31.5 Å². The molecule has 1 aliphatic heterocycles. The van der Waals surface area contributed by atoms with E-state index in [2.05, 4.69) is 50.1 Å². The highest BCUT2D eigenvalue weighted by Crippen LogP contribution is 2.56. The maximum absolute atomic E-state index is 12.8. The van der Waals surface area contributed by atoms with Crippen molar-refractivity contribution in [3.8, 4) is 5.75 Å². The molecule has 37 heavy (non-hydrogen) atoms. The number of halogens is 3. The fourth-order valence-electron chi connectivity index (χ4n) is 5.91. The van der Waals surface area contributed by atoms with Crippen LogP contribution in [0.2, 0.25) is 0 Å². The van der Waals surface area contributed by atoms with E-state index in [9.17, 15) is 13.2 Å². The van der Waals surface area contributed by atoms with Crippen LogP contribution in [0.5, 0.6) is 5.75 Å². The third-order valence-electron chi connectivity index (χ3n) is 7.94. The lowest BCUT2D eigenvalue weighted by Crippen LogP contribution is -2.65. The van der Waals surface area contributed by atoms with Crippen LogP contribution in [-0.4, -0.2) is 51.5 Å². The summed E-state index contributed by atoms with van der Waals surface area (Å²) < 4.78 is 42.4. The fraction of sp³-hybridized carbons (Fsp3) is 0.519. The van der Waals surface area contributed by atoms with Crippen molar-refractivity contribution in [2.24, 2.45) is 10.4 Å². The first-order valence-electron chi connectivity index (χ1n) is 12.9. The largest absolute Gasteiger partial charge is 0.573 e. The van der Waals surface area contributed by atoms with Gasteiger partial charge in [0.2, 0.25) is 0 Å². The van der Waals surface area contributed by atoms with Gasteiger partial charge in [0.15, 0.2) is 5.79 Å². The number of nitrogens with zero attached hydrogens (tertiary/aromatic N) is 1. The third kappa shape index (κ3) is 5.90. The fourth-order valence-corrected chi connectivity index (χ4v) is 5.91. The van der Waals surface area contributed by atoms with Gasteiger partial charge in [-0.05, 0) is 81.2 Å². The number of ether oxygens (including phenoxy) is 1. The Kier molecular flexibility index (Phi) is 6.91. The van der Waals surface area contributed by atoms with Gasteiger partial charge in [-0.3, -0.25) is 10.3 Å². The molecule has 0 aromatic heterocycles. The molecular formula is C27H33BF3N5O. The van der Waals surface area contributed by atoms with Crippen LogP contribution in [0, 0.1) is 5.41 Å². The zero-order valence-corrected chi connectivity index (χ0v) is 21.2. The standard InChI is InChI=1S/C27H33BF3N5O/c1-25(34-21-6-4-3-5-20(21)24(32-2)36-25)35-23-16-26(23)12-9-19(10-13-26)33-14-11-17-7-8-18(28)15-22(17)37-27(29,30)31/h3-8,15,19,23,33-35H,9-14,16H2,1-2H3,(H,32,36). The predicted molar refractivity (Wildman–Crippen MR) is 141 cm³/mol. The summed E-state index contributed by atoms with van der Waals surface area (Å²) in [5.74, 6) is 0.167. The van der Waals surface area contributed by atoms with Crippen LogP contribution >= 0.6 is 0 Å². The molecule has 2 radical (unpaired) electrons. The number of hydrogen-bond donors (Lipinski definition) is 4. The number of amidine groups is 1. The van der Waals surface area contributed by atoms with E-state index in [-0.39, 0.29) is 11.2 Å². The zero-order chi connectivity index (χ0) is 26.3. The van der Waals surface area contributed by atoms with Crippen molar-refractivity contribution in [3.63, 3.8) is 0 Å². The monoisotopic (exact) mass is 511 g/mol. The van der Waals surface area contributed by atoms with E-state index < -0.39 is 12.1 Å². The van der Waals surface area contributed by atoms with Crippen LogP contribution in [0.4, 0.5) is 18.9 Å². The SMILES string of the molecule is [B]c1ccc(CCNC2CCC3(CC2)CC3NC2(C)NC(=NC)c3ccccc3N2)c(OC(F)(F)F)c1. The Balaban J connectivity index is 1.11. The summed E-state index contributed by atoms with van der Waals surface area (Å²) in [7, 11) is 7.46. The highest BCUT2D eigenvalue weighted by molar-refractivity contribution is 6.32. The molecule has 2 saturated carbocycles. The number of fused-ring (bicyclic) bond motifs is 1. The Bertz CT molecular complexity index is 1160. The van der Waals surface area contributed by atoms with E-state index in [4.69, 9.17) is 7.85 Å². The van der Waals surface area contributed by atoms with Gasteiger partial charge in [0.1, 0.15) is 19.4 Å². The van der Waals surface area contributed by atoms with Crippen LogP contribution in [-0.2, 0) is 6.42 Å². The number of benzene rings is 2. The van der Waals surface area contributed by atoms with Crippen LogP contribution in [0.3, 0.4) is 0 Å². The quantitative estimate of drug-likeness (QED) is 0.428. The normalized spacial score (nSPS) is 29.9. The number of hydrogen-bond acceptors (Lipinski definition) is 5. The Morgan fingerprint density at radius 3 is 2.62 bits per heavy atom. The van der Waals surface area contributed by atoms with Gasteiger partial charge >= 0.3 is 6.36 Å². The second kappa shape index (κ2) is 9.87. The first-order valence-corrected chi connectivity index (χ1v) is 12.9. The van der Waals surface area contributed by atoms with Crippen molar-refractivity contribution in [2.45, 2.75) is 69.7 Å². The topological polar surface area (TPSA) is 69.7 Å². The average molecular weight is 511 g/mol. The molecular weight excluding hydrogens is 478 g/mol. The average Bonchev–Trinajstić information content (AvgIpc) is 3.49. The molecule has 5 rings (SSSR count). The number of nitrogens with one attached hydrogen (secondary N) is 4. The lowest BCUT2D eigenvalue weighted by atomic mass is 9.82. The van der Waals surface area contributed by atoms with Crippen molar-refractivity contribution < 1.29 is 17.9 Å². The highest BCUT2D eigenvalue weighted by atomic mass is 19.4. The summed E-state index contributed by atoms with van der Waals surface area (Å²) in [4.78, 5) is 4.45. The van der Waals surface area contributed by atoms with Crippen molar-refractivity contribution in [1.29, 1.82) is 0 Å². The molecule has 3 aliphatic rings. The lowest BCUT2D eigenvalue weighted by molar-refractivity contribution is -0.274. The number of para-hydroxylation sites is 1. The van der Waals surface area contributed by atoms with E-state index in [1.54, 1.807) is 19.2 Å². The maximum atomic E-state index is 12.8. The number of alkyl halides is 3. The third-order valence-corrected chi connectivity index (χ3v) is 7.94. The van der Waals surface area contributed by atoms with Gasteiger partial charge in [-0.1, -0.05) is 29.7 Å². The zero-order valence-electron chi connectivity index (χ0n) is 21.2. The molecule has 0 amide bonds. The van der Waals surface area contributed by atoms with Crippen molar-refractivity contribution in [3.05, 3.63) is 53.6 Å². The second-order valence-electron chi connectivity index (χ2n) is 10.6. The highest BCUT2D eigenvalue weighted by Gasteiger charge is 2.57. The van der Waals surface area contributed by atoms with Gasteiger partial charge in [-0.15, -0.1) is 13.2 Å².